The lowest BCUT2D eigenvalue weighted by Crippen LogP contribution is -2.37. The second-order valence-electron chi connectivity index (χ2n) is 4.51. The van der Waals surface area contributed by atoms with Gasteiger partial charge < -0.3 is 21.1 Å². The Hall–Kier alpha value is -2.69. The third-order valence-electron chi connectivity index (χ3n) is 2.83. The summed E-state index contributed by atoms with van der Waals surface area (Å²) in [6.07, 6.45) is 0. The standard InChI is InChI=1S/C16H19N3O2/c17-14-6-8-15(9-7-14)21-11-10-18-16(20)19-12-13-4-2-1-3-5-13/h1-9H,10-12,17H2,(H2,18,19,20). The fraction of sp³-hybridized carbons (Fsp3) is 0.188. The number of amides is 2. The fourth-order valence-electron chi connectivity index (χ4n) is 1.74. The number of carbonyl (C=O) groups is 1. The molecule has 0 unspecified atom stereocenters. The molecule has 0 saturated heterocycles. The van der Waals surface area contributed by atoms with Gasteiger partial charge in [-0.2, -0.15) is 0 Å². The van der Waals surface area contributed by atoms with E-state index in [1.807, 2.05) is 30.3 Å². The summed E-state index contributed by atoms with van der Waals surface area (Å²) < 4.78 is 5.48. The average Bonchev–Trinajstić information content (AvgIpc) is 2.52. The van der Waals surface area contributed by atoms with Crippen LogP contribution in [0.5, 0.6) is 5.75 Å². The van der Waals surface area contributed by atoms with Crippen molar-refractivity contribution in [3.63, 3.8) is 0 Å². The van der Waals surface area contributed by atoms with Crippen LogP contribution in [0.2, 0.25) is 0 Å². The highest BCUT2D eigenvalue weighted by Gasteiger charge is 2.00. The number of anilines is 1. The number of nitrogens with one attached hydrogen (secondary N) is 2. The van der Waals surface area contributed by atoms with E-state index >= 15 is 0 Å². The molecule has 0 aliphatic rings. The van der Waals surface area contributed by atoms with E-state index in [4.69, 9.17) is 10.5 Å². The Morgan fingerprint density at radius 2 is 1.71 bits per heavy atom. The summed E-state index contributed by atoms with van der Waals surface area (Å²) in [7, 11) is 0. The zero-order chi connectivity index (χ0) is 14.9. The smallest absolute Gasteiger partial charge is 0.315 e. The minimum Gasteiger partial charge on any atom is -0.492 e. The lowest BCUT2D eigenvalue weighted by Gasteiger charge is -2.09. The molecule has 5 heteroatoms. The Morgan fingerprint density at radius 1 is 1.00 bits per heavy atom. The largest absolute Gasteiger partial charge is 0.492 e. The number of nitrogens with two attached hydrogens (primary N) is 1. The first-order valence-corrected chi connectivity index (χ1v) is 6.78. The molecule has 0 aliphatic carbocycles. The molecule has 2 aromatic rings. The van der Waals surface area contributed by atoms with Crippen molar-refractivity contribution in [3.8, 4) is 5.75 Å². The van der Waals surface area contributed by atoms with Gasteiger partial charge in [-0.3, -0.25) is 0 Å². The highest BCUT2D eigenvalue weighted by molar-refractivity contribution is 5.73. The maximum atomic E-state index is 11.6. The van der Waals surface area contributed by atoms with E-state index in [0.29, 0.717) is 25.4 Å². The number of rotatable bonds is 6. The molecule has 2 rings (SSSR count). The van der Waals surface area contributed by atoms with E-state index < -0.39 is 0 Å². The monoisotopic (exact) mass is 285 g/mol. The molecule has 0 aromatic heterocycles. The van der Waals surface area contributed by atoms with Crippen LogP contribution in [0.1, 0.15) is 5.56 Å². The highest BCUT2D eigenvalue weighted by atomic mass is 16.5. The molecule has 0 radical (unpaired) electrons. The van der Waals surface area contributed by atoms with Gasteiger partial charge in [-0.05, 0) is 29.8 Å². The van der Waals surface area contributed by atoms with Crippen molar-refractivity contribution in [1.29, 1.82) is 0 Å². The van der Waals surface area contributed by atoms with E-state index in [-0.39, 0.29) is 6.03 Å². The van der Waals surface area contributed by atoms with Crippen molar-refractivity contribution < 1.29 is 9.53 Å². The van der Waals surface area contributed by atoms with E-state index in [0.717, 1.165) is 11.3 Å². The summed E-state index contributed by atoms with van der Waals surface area (Å²) in [5.41, 5.74) is 7.34. The van der Waals surface area contributed by atoms with Gasteiger partial charge in [0.25, 0.3) is 0 Å². The zero-order valence-corrected chi connectivity index (χ0v) is 11.7. The number of nitrogen functional groups attached to an aromatic ring is 1. The second-order valence-corrected chi connectivity index (χ2v) is 4.51. The minimum absolute atomic E-state index is 0.209. The third kappa shape index (κ3) is 5.44. The average molecular weight is 285 g/mol. The lowest BCUT2D eigenvalue weighted by molar-refractivity contribution is 0.236. The Morgan fingerprint density at radius 3 is 2.43 bits per heavy atom. The van der Waals surface area contributed by atoms with Crippen LogP contribution in [0, 0.1) is 0 Å². The molecule has 2 aromatic carbocycles. The first-order chi connectivity index (χ1) is 10.2. The van der Waals surface area contributed by atoms with Crippen molar-refractivity contribution in [2.75, 3.05) is 18.9 Å². The molecule has 0 heterocycles. The van der Waals surface area contributed by atoms with Crippen LogP contribution in [-0.2, 0) is 6.54 Å². The minimum atomic E-state index is -0.209. The van der Waals surface area contributed by atoms with Gasteiger partial charge in [-0.15, -0.1) is 0 Å². The summed E-state index contributed by atoms with van der Waals surface area (Å²) in [5, 5.41) is 5.52. The molecule has 2 amide bonds. The summed E-state index contributed by atoms with van der Waals surface area (Å²) in [6.45, 7) is 1.35. The predicted octanol–water partition coefficient (Wildman–Crippen LogP) is 2.15. The van der Waals surface area contributed by atoms with Gasteiger partial charge in [0.15, 0.2) is 0 Å². The number of hydrogen-bond donors (Lipinski definition) is 3. The van der Waals surface area contributed by atoms with Crippen molar-refractivity contribution >= 4 is 11.7 Å². The van der Waals surface area contributed by atoms with Crippen LogP contribution < -0.4 is 21.1 Å². The zero-order valence-electron chi connectivity index (χ0n) is 11.7. The normalized spacial score (nSPS) is 9.90. The predicted molar refractivity (Wildman–Crippen MR) is 83.0 cm³/mol. The molecular formula is C16H19N3O2. The fourth-order valence-corrected chi connectivity index (χ4v) is 1.74. The molecule has 0 bridgehead atoms. The molecule has 21 heavy (non-hydrogen) atoms. The van der Waals surface area contributed by atoms with E-state index in [2.05, 4.69) is 10.6 Å². The number of ether oxygens (including phenoxy) is 1. The summed E-state index contributed by atoms with van der Waals surface area (Å²) in [5.74, 6) is 0.732. The number of carbonyl (C=O) groups excluding carboxylic acids is 1. The van der Waals surface area contributed by atoms with Crippen LogP contribution >= 0.6 is 0 Å². The van der Waals surface area contributed by atoms with Gasteiger partial charge in [0.2, 0.25) is 0 Å². The summed E-state index contributed by atoms with van der Waals surface area (Å²) in [4.78, 5) is 11.6. The van der Waals surface area contributed by atoms with Gasteiger partial charge in [0.1, 0.15) is 12.4 Å². The number of benzene rings is 2. The van der Waals surface area contributed by atoms with Gasteiger partial charge in [-0.25, -0.2) is 4.79 Å². The maximum absolute atomic E-state index is 11.6. The third-order valence-corrected chi connectivity index (χ3v) is 2.83. The first kappa shape index (κ1) is 14.7. The Bertz CT molecular complexity index is 555. The van der Waals surface area contributed by atoms with E-state index in [1.165, 1.54) is 0 Å². The quantitative estimate of drug-likeness (QED) is 0.562. The van der Waals surface area contributed by atoms with Gasteiger partial charge >= 0.3 is 6.03 Å². The molecule has 0 fully saturated rings. The van der Waals surface area contributed by atoms with Crippen LogP contribution in [0.25, 0.3) is 0 Å². The van der Waals surface area contributed by atoms with E-state index in [9.17, 15) is 4.79 Å². The highest BCUT2D eigenvalue weighted by Crippen LogP contribution is 2.12. The Kier molecular flexibility index (Phi) is 5.46. The molecular weight excluding hydrogens is 266 g/mol. The molecule has 0 aliphatic heterocycles. The molecule has 0 spiro atoms. The molecule has 4 N–H and O–H groups in total. The van der Waals surface area contributed by atoms with Crippen LogP contribution in [0.4, 0.5) is 10.5 Å². The maximum Gasteiger partial charge on any atom is 0.315 e. The van der Waals surface area contributed by atoms with Gasteiger partial charge in [0, 0.05) is 12.2 Å². The summed E-state index contributed by atoms with van der Waals surface area (Å²) >= 11 is 0. The van der Waals surface area contributed by atoms with Crippen LogP contribution in [0.3, 0.4) is 0 Å². The molecule has 5 nitrogen and oxygen atoms in total. The van der Waals surface area contributed by atoms with E-state index in [1.54, 1.807) is 24.3 Å². The van der Waals surface area contributed by atoms with Crippen molar-refractivity contribution in [1.82, 2.24) is 10.6 Å². The summed E-state index contributed by atoms with van der Waals surface area (Å²) in [6, 6.07) is 16.7. The number of urea groups is 1. The number of hydrogen-bond acceptors (Lipinski definition) is 3. The topological polar surface area (TPSA) is 76.4 Å². The van der Waals surface area contributed by atoms with Gasteiger partial charge in [-0.1, -0.05) is 30.3 Å². The van der Waals surface area contributed by atoms with Crippen LogP contribution in [0.15, 0.2) is 54.6 Å². The SMILES string of the molecule is Nc1ccc(OCCNC(=O)NCc2ccccc2)cc1. The lowest BCUT2D eigenvalue weighted by atomic mass is 10.2. The Balaban J connectivity index is 1.60. The molecule has 0 atom stereocenters. The molecule has 110 valence electrons. The second kappa shape index (κ2) is 7.79. The first-order valence-electron chi connectivity index (χ1n) is 6.78. The van der Waals surface area contributed by atoms with Gasteiger partial charge in [0.05, 0.1) is 6.54 Å². The van der Waals surface area contributed by atoms with Crippen molar-refractivity contribution in [2.24, 2.45) is 0 Å². The van der Waals surface area contributed by atoms with Crippen LogP contribution in [-0.4, -0.2) is 19.2 Å². The van der Waals surface area contributed by atoms with Crippen molar-refractivity contribution in [3.05, 3.63) is 60.2 Å². The Labute approximate surface area is 124 Å². The molecule has 0 saturated carbocycles. The van der Waals surface area contributed by atoms with Crippen molar-refractivity contribution in [2.45, 2.75) is 6.54 Å².